The van der Waals surface area contributed by atoms with Crippen LogP contribution >= 0.6 is 0 Å². The quantitative estimate of drug-likeness (QED) is 0.620. The van der Waals surface area contributed by atoms with E-state index in [-0.39, 0.29) is 11.8 Å². The minimum absolute atomic E-state index is 0.00536. The fourth-order valence-electron chi connectivity index (χ4n) is 1.88. The molecule has 0 saturated heterocycles. The van der Waals surface area contributed by atoms with E-state index in [0.29, 0.717) is 0 Å². The molecule has 5 heteroatoms. The summed E-state index contributed by atoms with van der Waals surface area (Å²) in [6.45, 7) is 3.86. The number of carbonyl (C=O) groups excluding carboxylic acids is 2. The van der Waals surface area contributed by atoms with Crippen molar-refractivity contribution >= 4 is 18.0 Å². The second kappa shape index (κ2) is 8.87. The minimum atomic E-state index is -0.636. The Kier molecular flexibility index (Phi) is 7.16. The maximum absolute atomic E-state index is 12.0. The first-order valence-corrected chi connectivity index (χ1v) is 7.22. The SMILES string of the molecule is CC[C@@H](C)[C@@H](NC(=O)/C=C/c1ccc(OC)cc1)C(=O)OC. The number of rotatable bonds is 7. The molecule has 0 bridgehead atoms. The first-order valence-electron chi connectivity index (χ1n) is 7.22. The van der Waals surface area contributed by atoms with Crippen molar-refractivity contribution in [2.45, 2.75) is 26.3 Å². The number of hydrogen-bond acceptors (Lipinski definition) is 4. The second-order valence-electron chi connectivity index (χ2n) is 5.00. The van der Waals surface area contributed by atoms with Crippen molar-refractivity contribution in [2.75, 3.05) is 14.2 Å². The molecular weight excluding hydrogens is 282 g/mol. The molecule has 1 aromatic rings. The predicted octanol–water partition coefficient (Wildman–Crippen LogP) is 2.41. The van der Waals surface area contributed by atoms with E-state index < -0.39 is 12.0 Å². The van der Waals surface area contributed by atoms with Crippen LogP contribution in [-0.2, 0) is 14.3 Å². The van der Waals surface area contributed by atoms with Gasteiger partial charge in [-0.05, 0) is 29.7 Å². The zero-order chi connectivity index (χ0) is 16.5. The van der Waals surface area contributed by atoms with Gasteiger partial charge < -0.3 is 14.8 Å². The number of hydrogen-bond donors (Lipinski definition) is 1. The Hall–Kier alpha value is -2.30. The first kappa shape index (κ1) is 17.8. The highest BCUT2D eigenvalue weighted by molar-refractivity contribution is 5.94. The van der Waals surface area contributed by atoms with Crippen LogP contribution in [0.1, 0.15) is 25.8 Å². The van der Waals surface area contributed by atoms with Crippen LogP contribution in [0, 0.1) is 5.92 Å². The molecule has 1 rings (SSSR count). The highest BCUT2D eigenvalue weighted by Crippen LogP contribution is 2.12. The summed E-state index contributed by atoms with van der Waals surface area (Å²) in [4.78, 5) is 23.7. The maximum atomic E-state index is 12.0. The van der Waals surface area contributed by atoms with Gasteiger partial charge in [0.1, 0.15) is 11.8 Å². The molecule has 120 valence electrons. The van der Waals surface area contributed by atoms with Crippen molar-refractivity contribution in [2.24, 2.45) is 5.92 Å². The Morgan fingerprint density at radius 1 is 1.23 bits per heavy atom. The summed E-state index contributed by atoms with van der Waals surface area (Å²) in [5.41, 5.74) is 0.870. The van der Waals surface area contributed by atoms with Crippen LogP contribution < -0.4 is 10.1 Å². The molecule has 0 radical (unpaired) electrons. The van der Waals surface area contributed by atoms with Crippen LogP contribution in [0.25, 0.3) is 6.08 Å². The van der Waals surface area contributed by atoms with Crippen LogP contribution in [0.15, 0.2) is 30.3 Å². The summed E-state index contributed by atoms with van der Waals surface area (Å²) < 4.78 is 9.80. The Morgan fingerprint density at radius 3 is 2.36 bits per heavy atom. The third kappa shape index (κ3) is 5.24. The van der Waals surface area contributed by atoms with Gasteiger partial charge in [-0.25, -0.2) is 4.79 Å². The summed E-state index contributed by atoms with van der Waals surface area (Å²) >= 11 is 0. The number of amides is 1. The van der Waals surface area contributed by atoms with Gasteiger partial charge in [0, 0.05) is 6.08 Å². The van der Waals surface area contributed by atoms with Crippen molar-refractivity contribution in [1.29, 1.82) is 0 Å². The van der Waals surface area contributed by atoms with E-state index in [0.717, 1.165) is 17.7 Å². The van der Waals surface area contributed by atoms with Crippen molar-refractivity contribution in [3.05, 3.63) is 35.9 Å². The van der Waals surface area contributed by atoms with E-state index in [1.54, 1.807) is 13.2 Å². The van der Waals surface area contributed by atoms with Gasteiger partial charge in [-0.15, -0.1) is 0 Å². The number of benzene rings is 1. The van der Waals surface area contributed by atoms with Gasteiger partial charge >= 0.3 is 5.97 Å². The molecule has 22 heavy (non-hydrogen) atoms. The number of methoxy groups -OCH3 is 2. The van der Waals surface area contributed by atoms with Gasteiger partial charge in [0.25, 0.3) is 0 Å². The van der Waals surface area contributed by atoms with E-state index in [2.05, 4.69) is 5.32 Å². The fraction of sp³-hybridized carbons (Fsp3) is 0.412. The average Bonchev–Trinajstić information content (AvgIpc) is 2.56. The van der Waals surface area contributed by atoms with Gasteiger partial charge in [-0.2, -0.15) is 0 Å². The fourth-order valence-corrected chi connectivity index (χ4v) is 1.88. The lowest BCUT2D eigenvalue weighted by atomic mass is 9.99. The zero-order valence-corrected chi connectivity index (χ0v) is 13.5. The second-order valence-corrected chi connectivity index (χ2v) is 5.00. The Labute approximate surface area is 131 Å². The summed E-state index contributed by atoms with van der Waals surface area (Å²) in [5.74, 6) is 0.00183. The van der Waals surface area contributed by atoms with Crippen molar-refractivity contribution < 1.29 is 19.1 Å². The topological polar surface area (TPSA) is 64.6 Å². The van der Waals surface area contributed by atoms with Gasteiger partial charge in [-0.1, -0.05) is 32.4 Å². The highest BCUT2D eigenvalue weighted by Gasteiger charge is 2.25. The van der Waals surface area contributed by atoms with Crippen LogP contribution in [0.2, 0.25) is 0 Å². The molecule has 0 aliphatic rings. The third-order valence-electron chi connectivity index (χ3n) is 3.51. The van der Waals surface area contributed by atoms with E-state index in [4.69, 9.17) is 9.47 Å². The molecule has 1 N–H and O–H groups in total. The lowest BCUT2D eigenvalue weighted by Gasteiger charge is -2.20. The van der Waals surface area contributed by atoms with Crippen LogP contribution in [-0.4, -0.2) is 32.1 Å². The van der Waals surface area contributed by atoms with E-state index >= 15 is 0 Å². The maximum Gasteiger partial charge on any atom is 0.328 e. The number of ether oxygens (including phenoxy) is 2. The Morgan fingerprint density at radius 2 is 1.86 bits per heavy atom. The standard InChI is InChI=1S/C17H23NO4/c1-5-12(2)16(17(20)22-4)18-15(19)11-8-13-6-9-14(21-3)10-7-13/h6-12,16H,5H2,1-4H3,(H,18,19)/b11-8+/t12-,16-/m1/s1. The molecule has 0 saturated carbocycles. The van der Waals surface area contributed by atoms with Gasteiger partial charge in [-0.3, -0.25) is 4.79 Å². The average molecular weight is 305 g/mol. The molecule has 5 nitrogen and oxygen atoms in total. The summed E-state index contributed by atoms with van der Waals surface area (Å²) in [6, 6.07) is 6.68. The predicted molar refractivity (Wildman–Crippen MR) is 85.4 cm³/mol. The lowest BCUT2D eigenvalue weighted by Crippen LogP contribution is -2.45. The molecule has 0 spiro atoms. The first-order chi connectivity index (χ1) is 10.5. The van der Waals surface area contributed by atoms with E-state index in [9.17, 15) is 9.59 Å². The molecule has 2 atom stereocenters. The molecule has 0 aromatic heterocycles. The highest BCUT2D eigenvalue weighted by atomic mass is 16.5. The van der Waals surface area contributed by atoms with Crippen molar-refractivity contribution in [3.63, 3.8) is 0 Å². The minimum Gasteiger partial charge on any atom is -0.497 e. The molecular formula is C17H23NO4. The van der Waals surface area contributed by atoms with E-state index in [1.165, 1.54) is 13.2 Å². The summed E-state index contributed by atoms with van der Waals surface area (Å²) in [5, 5.41) is 2.69. The summed E-state index contributed by atoms with van der Waals surface area (Å²) in [6.07, 6.45) is 3.85. The van der Waals surface area contributed by atoms with E-state index in [1.807, 2.05) is 38.1 Å². The van der Waals surface area contributed by atoms with Crippen molar-refractivity contribution in [3.8, 4) is 5.75 Å². The molecule has 0 heterocycles. The third-order valence-corrected chi connectivity index (χ3v) is 3.51. The lowest BCUT2D eigenvalue weighted by molar-refractivity contribution is -0.146. The molecule has 1 aromatic carbocycles. The van der Waals surface area contributed by atoms with Crippen LogP contribution in [0.3, 0.4) is 0 Å². The smallest absolute Gasteiger partial charge is 0.328 e. The molecule has 0 unspecified atom stereocenters. The molecule has 1 amide bonds. The number of nitrogens with one attached hydrogen (secondary N) is 1. The van der Waals surface area contributed by atoms with Crippen LogP contribution in [0.5, 0.6) is 5.75 Å². The summed E-state index contributed by atoms with van der Waals surface area (Å²) in [7, 11) is 2.91. The van der Waals surface area contributed by atoms with Crippen molar-refractivity contribution in [1.82, 2.24) is 5.32 Å². The Bertz CT molecular complexity index is 522. The van der Waals surface area contributed by atoms with Gasteiger partial charge in [0.15, 0.2) is 0 Å². The molecule has 0 fully saturated rings. The monoisotopic (exact) mass is 305 g/mol. The van der Waals surface area contributed by atoms with Gasteiger partial charge in [0.2, 0.25) is 5.91 Å². The largest absolute Gasteiger partial charge is 0.497 e. The normalized spacial score (nSPS) is 13.5. The molecule has 0 aliphatic heterocycles. The zero-order valence-electron chi connectivity index (χ0n) is 13.5. The van der Waals surface area contributed by atoms with Gasteiger partial charge in [0.05, 0.1) is 14.2 Å². The van der Waals surface area contributed by atoms with Crippen LogP contribution in [0.4, 0.5) is 0 Å². The Balaban J connectivity index is 2.69. The number of carbonyl (C=O) groups is 2. The molecule has 0 aliphatic carbocycles. The number of esters is 1.